The third-order valence-electron chi connectivity index (χ3n) is 6.34. The molecule has 0 amide bonds. The fourth-order valence-corrected chi connectivity index (χ4v) is 4.80. The van der Waals surface area contributed by atoms with E-state index in [1.165, 1.54) is 38.9 Å². The Labute approximate surface area is 177 Å². The van der Waals surface area contributed by atoms with Crippen LogP contribution in [0.3, 0.4) is 0 Å². The highest BCUT2D eigenvalue weighted by Gasteiger charge is 2.18. The predicted molar refractivity (Wildman–Crippen MR) is 123 cm³/mol. The molecule has 4 aromatic rings. The molecule has 0 radical (unpaired) electrons. The predicted octanol–water partition coefficient (Wildman–Crippen LogP) is 5.25. The number of nitrogens with one attached hydrogen (secondary N) is 2. The van der Waals surface area contributed by atoms with Gasteiger partial charge in [-0.3, -0.25) is 9.67 Å². The lowest BCUT2D eigenvalue weighted by Gasteiger charge is -2.22. The minimum absolute atomic E-state index is 0.500. The van der Waals surface area contributed by atoms with Crippen LogP contribution in [-0.2, 0) is 0 Å². The minimum atomic E-state index is 0.500. The summed E-state index contributed by atoms with van der Waals surface area (Å²) in [5, 5.41) is 9.56. The highest BCUT2D eigenvalue weighted by Crippen LogP contribution is 2.34. The number of aromatic nitrogens is 4. The van der Waals surface area contributed by atoms with Gasteiger partial charge in [0.2, 0.25) is 0 Å². The largest absolute Gasteiger partial charge is 0.354 e. The lowest BCUT2D eigenvalue weighted by molar-refractivity contribution is 0.342. The fraction of sp³-hybridized carbons (Fsp3) is 0.360. The number of fused-ring (bicyclic) bond motifs is 1. The van der Waals surface area contributed by atoms with Gasteiger partial charge in [0.25, 0.3) is 0 Å². The van der Waals surface area contributed by atoms with Crippen LogP contribution in [0.4, 0.5) is 0 Å². The Hall–Kier alpha value is -2.92. The Morgan fingerprint density at radius 2 is 1.67 bits per heavy atom. The van der Waals surface area contributed by atoms with Gasteiger partial charge in [0.1, 0.15) is 0 Å². The van der Waals surface area contributed by atoms with Crippen LogP contribution in [0.15, 0.2) is 36.5 Å². The zero-order chi connectivity index (χ0) is 20.8. The summed E-state index contributed by atoms with van der Waals surface area (Å²) in [6, 6.07) is 11.5. The molecule has 0 spiro atoms. The topological polar surface area (TPSA) is 58.5 Å². The van der Waals surface area contributed by atoms with Crippen molar-refractivity contribution in [3.63, 3.8) is 0 Å². The van der Waals surface area contributed by atoms with Crippen molar-refractivity contribution >= 4 is 10.9 Å². The Kier molecular flexibility index (Phi) is 4.70. The van der Waals surface area contributed by atoms with Crippen LogP contribution in [0.2, 0.25) is 0 Å². The normalized spacial score (nSPS) is 15.2. The van der Waals surface area contributed by atoms with Crippen molar-refractivity contribution in [1.29, 1.82) is 0 Å². The maximum Gasteiger partial charge on any atom is 0.0672 e. The number of nitrogens with zero attached hydrogens (tertiary/aromatic N) is 3. The molecule has 30 heavy (non-hydrogen) atoms. The quantitative estimate of drug-likeness (QED) is 0.494. The van der Waals surface area contributed by atoms with E-state index in [0.717, 1.165) is 43.0 Å². The standard InChI is InChI=1S/C25H29N5/c1-15-11-20(12-16(2)27-15)25-17(3)22-6-5-19(13-24(22)28-25)23-14-30(29-18(23)4)21-7-9-26-10-8-21/h5-6,11-14,21,26,28H,7-10H2,1-4H3. The van der Waals surface area contributed by atoms with Crippen molar-refractivity contribution in [2.75, 3.05) is 13.1 Å². The van der Waals surface area contributed by atoms with Crippen molar-refractivity contribution in [1.82, 2.24) is 25.1 Å². The lowest BCUT2D eigenvalue weighted by atomic mass is 10.0. The molecule has 1 saturated heterocycles. The summed E-state index contributed by atoms with van der Waals surface area (Å²) in [7, 11) is 0. The van der Waals surface area contributed by atoms with Crippen molar-refractivity contribution in [3.05, 3.63) is 59.2 Å². The summed E-state index contributed by atoms with van der Waals surface area (Å²) in [4.78, 5) is 8.19. The second kappa shape index (κ2) is 7.40. The average molecular weight is 400 g/mol. The Balaban J connectivity index is 1.55. The maximum atomic E-state index is 4.85. The Bertz CT molecular complexity index is 1200. The van der Waals surface area contributed by atoms with Crippen molar-refractivity contribution in [2.24, 2.45) is 0 Å². The van der Waals surface area contributed by atoms with E-state index in [1.807, 2.05) is 0 Å². The summed E-state index contributed by atoms with van der Waals surface area (Å²) >= 11 is 0. The van der Waals surface area contributed by atoms with E-state index in [2.05, 4.69) is 84.2 Å². The molecule has 1 fully saturated rings. The van der Waals surface area contributed by atoms with Crippen LogP contribution >= 0.6 is 0 Å². The number of pyridine rings is 1. The number of benzene rings is 1. The van der Waals surface area contributed by atoms with E-state index in [0.29, 0.717) is 6.04 Å². The van der Waals surface area contributed by atoms with Gasteiger partial charge in [0.05, 0.1) is 11.7 Å². The van der Waals surface area contributed by atoms with Crippen LogP contribution in [-0.4, -0.2) is 32.8 Å². The van der Waals surface area contributed by atoms with Gasteiger partial charge < -0.3 is 10.3 Å². The van der Waals surface area contributed by atoms with Gasteiger partial charge in [-0.2, -0.15) is 5.10 Å². The van der Waals surface area contributed by atoms with Gasteiger partial charge in [-0.15, -0.1) is 0 Å². The van der Waals surface area contributed by atoms with E-state index in [4.69, 9.17) is 5.10 Å². The first-order chi connectivity index (χ1) is 14.5. The maximum absolute atomic E-state index is 4.85. The molecule has 1 aliphatic rings. The summed E-state index contributed by atoms with van der Waals surface area (Å²) in [5.41, 5.74) is 10.5. The number of aromatic amines is 1. The van der Waals surface area contributed by atoms with E-state index < -0.39 is 0 Å². The smallest absolute Gasteiger partial charge is 0.0672 e. The molecular formula is C25H29N5. The van der Waals surface area contributed by atoms with Gasteiger partial charge in [-0.1, -0.05) is 12.1 Å². The van der Waals surface area contributed by atoms with Gasteiger partial charge >= 0.3 is 0 Å². The first kappa shape index (κ1) is 19.1. The number of piperidine rings is 1. The van der Waals surface area contributed by atoms with Crippen molar-refractivity contribution in [3.8, 4) is 22.4 Å². The van der Waals surface area contributed by atoms with Crippen LogP contribution in [0.1, 0.15) is 41.5 Å². The summed E-state index contributed by atoms with van der Waals surface area (Å²) in [6.45, 7) is 10.6. The second-order valence-electron chi connectivity index (χ2n) is 8.61. The highest BCUT2D eigenvalue weighted by molar-refractivity contribution is 5.93. The third kappa shape index (κ3) is 3.33. The van der Waals surface area contributed by atoms with Crippen molar-refractivity contribution in [2.45, 2.75) is 46.6 Å². The Morgan fingerprint density at radius 3 is 2.40 bits per heavy atom. The molecule has 0 atom stereocenters. The van der Waals surface area contributed by atoms with Crippen LogP contribution in [0.5, 0.6) is 0 Å². The summed E-state index contributed by atoms with van der Waals surface area (Å²) in [5.74, 6) is 0. The zero-order valence-corrected chi connectivity index (χ0v) is 18.2. The first-order valence-electron chi connectivity index (χ1n) is 10.8. The van der Waals surface area contributed by atoms with E-state index in [9.17, 15) is 0 Å². The molecule has 5 nitrogen and oxygen atoms in total. The molecule has 4 heterocycles. The molecule has 1 aliphatic heterocycles. The number of aryl methyl sites for hydroxylation is 4. The highest BCUT2D eigenvalue weighted by atomic mass is 15.3. The number of hydrogen-bond donors (Lipinski definition) is 2. The molecular weight excluding hydrogens is 370 g/mol. The molecule has 154 valence electrons. The number of rotatable bonds is 3. The number of hydrogen-bond acceptors (Lipinski definition) is 3. The summed E-state index contributed by atoms with van der Waals surface area (Å²) < 4.78 is 2.18. The monoisotopic (exact) mass is 399 g/mol. The van der Waals surface area contributed by atoms with Crippen LogP contribution in [0, 0.1) is 27.7 Å². The minimum Gasteiger partial charge on any atom is -0.354 e. The Morgan fingerprint density at radius 1 is 0.933 bits per heavy atom. The number of H-pyrrole nitrogens is 1. The molecule has 5 heteroatoms. The molecule has 1 aromatic carbocycles. The van der Waals surface area contributed by atoms with Gasteiger partial charge in [0.15, 0.2) is 0 Å². The molecule has 0 unspecified atom stereocenters. The van der Waals surface area contributed by atoms with E-state index in [-0.39, 0.29) is 0 Å². The molecule has 2 N–H and O–H groups in total. The molecule has 5 rings (SSSR count). The summed E-state index contributed by atoms with van der Waals surface area (Å²) in [6.07, 6.45) is 4.52. The molecule has 0 saturated carbocycles. The molecule has 0 bridgehead atoms. The third-order valence-corrected chi connectivity index (χ3v) is 6.34. The van der Waals surface area contributed by atoms with E-state index >= 15 is 0 Å². The molecule has 0 aliphatic carbocycles. The zero-order valence-electron chi connectivity index (χ0n) is 18.2. The van der Waals surface area contributed by atoms with Crippen molar-refractivity contribution < 1.29 is 0 Å². The lowest BCUT2D eigenvalue weighted by Crippen LogP contribution is -2.29. The fourth-order valence-electron chi connectivity index (χ4n) is 4.80. The second-order valence-corrected chi connectivity index (χ2v) is 8.61. The van der Waals surface area contributed by atoms with Gasteiger partial charge in [-0.05, 0) is 83.0 Å². The van der Waals surface area contributed by atoms with Crippen LogP contribution in [0.25, 0.3) is 33.3 Å². The van der Waals surface area contributed by atoms with Crippen LogP contribution < -0.4 is 5.32 Å². The average Bonchev–Trinajstić information content (AvgIpc) is 3.28. The van der Waals surface area contributed by atoms with Gasteiger partial charge in [0, 0.05) is 45.3 Å². The van der Waals surface area contributed by atoms with Gasteiger partial charge in [-0.25, -0.2) is 0 Å². The van der Waals surface area contributed by atoms with E-state index in [1.54, 1.807) is 0 Å². The SMILES string of the molecule is Cc1cc(-c2[nH]c3cc(-c4cn(C5CCNCC5)nc4C)ccc3c2C)cc(C)n1. The first-order valence-corrected chi connectivity index (χ1v) is 10.8. The molecule has 3 aromatic heterocycles.